The van der Waals surface area contributed by atoms with Gasteiger partial charge in [0.25, 0.3) is 0 Å². The summed E-state index contributed by atoms with van der Waals surface area (Å²) in [5.41, 5.74) is 0.882. The Bertz CT molecular complexity index is 183. The maximum atomic E-state index is 4.92. The second-order valence-electron chi connectivity index (χ2n) is 1.91. The van der Waals surface area contributed by atoms with E-state index in [0.29, 0.717) is 5.90 Å². The van der Waals surface area contributed by atoms with Crippen LogP contribution in [0.25, 0.3) is 0 Å². The Labute approximate surface area is 67.5 Å². The van der Waals surface area contributed by atoms with Crippen LogP contribution in [-0.2, 0) is 4.74 Å². The van der Waals surface area contributed by atoms with Crippen molar-refractivity contribution >= 4 is 12.6 Å². The molecule has 3 heteroatoms. The van der Waals surface area contributed by atoms with E-state index in [0.717, 1.165) is 12.1 Å². The lowest BCUT2D eigenvalue weighted by molar-refractivity contribution is 0.405. The van der Waals surface area contributed by atoms with Gasteiger partial charge in [-0.3, -0.25) is 9.98 Å². The maximum absolute atomic E-state index is 4.92. The van der Waals surface area contributed by atoms with Gasteiger partial charge in [0.1, 0.15) is 0 Å². The smallest absolute Gasteiger partial charge is 0.209 e. The molecule has 62 valence electrons. The number of rotatable bonds is 3. The normalized spacial score (nSPS) is 13.0. The van der Waals surface area contributed by atoms with Crippen LogP contribution in [-0.4, -0.2) is 26.8 Å². The molecule has 0 unspecified atom stereocenters. The van der Waals surface area contributed by atoms with E-state index in [1.807, 2.05) is 6.92 Å². The zero-order valence-electron chi connectivity index (χ0n) is 7.29. The number of methoxy groups -OCH3 is 1. The van der Waals surface area contributed by atoms with Gasteiger partial charge in [0, 0.05) is 18.8 Å². The van der Waals surface area contributed by atoms with E-state index in [1.165, 1.54) is 0 Å². The van der Waals surface area contributed by atoms with Gasteiger partial charge in [-0.15, -0.1) is 0 Å². The summed E-state index contributed by atoms with van der Waals surface area (Å²) in [5.74, 6) is 0.578. The highest BCUT2D eigenvalue weighted by molar-refractivity contribution is 5.88. The Morgan fingerprint density at radius 3 is 2.55 bits per heavy atom. The molecule has 0 radical (unpaired) electrons. The molecular weight excluding hydrogens is 140 g/mol. The predicted molar refractivity (Wildman–Crippen MR) is 48.3 cm³/mol. The van der Waals surface area contributed by atoms with Crippen LogP contribution in [0, 0.1) is 0 Å². The van der Waals surface area contributed by atoms with E-state index >= 15 is 0 Å². The highest BCUT2D eigenvalue weighted by Crippen LogP contribution is 2.01. The van der Waals surface area contributed by atoms with Crippen LogP contribution in [0.5, 0.6) is 0 Å². The fourth-order valence-electron chi connectivity index (χ4n) is 0.617. The maximum Gasteiger partial charge on any atom is 0.209 e. The predicted octanol–water partition coefficient (Wildman–Crippen LogP) is 1.66. The van der Waals surface area contributed by atoms with Gasteiger partial charge in [-0.2, -0.15) is 0 Å². The van der Waals surface area contributed by atoms with Crippen LogP contribution in [0.2, 0.25) is 0 Å². The van der Waals surface area contributed by atoms with Crippen LogP contribution in [0.15, 0.2) is 21.8 Å². The molecule has 0 aromatic carbocycles. The average Bonchev–Trinajstić information content (AvgIpc) is 2.07. The second kappa shape index (κ2) is 5.65. The summed E-state index contributed by atoms with van der Waals surface area (Å²) >= 11 is 0. The molecule has 0 heterocycles. The van der Waals surface area contributed by atoms with Gasteiger partial charge in [-0.1, -0.05) is 6.92 Å². The molecule has 0 rings (SSSR count). The van der Waals surface area contributed by atoms with Crippen molar-refractivity contribution in [1.82, 2.24) is 0 Å². The van der Waals surface area contributed by atoms with Crippen LogP contribution in [0.3, 0.4) is 0 Å². The van der Waals surface area contributed by atoms with Crippen LogP contribution >= 0.6 is 0 Å². The molecule has 0 aromatic rings. The van der Waals surface area contributed by atoms with Crippen molar-refractivity contribution in [2.75, 3.05) is 14.2 Å². The van der Waals surface area contributed by atoms with E-state index < -0.39 is 0 Å². The molecule has 0 saturated heterocycles. The van der Waals surface area contributed by atoms with Crippen LogP contribution < -0.4 is 0 Å². The van der Waals surface area contributed by atoms with Crippen molar-refractivity contribution in [1.29, 1.82) is 0 Å². The van der Waals surface area contributed by atoms with Crippen molar-refractivity contribution in [3.8, 4) is 0 Å². The molecule has 0 atom stereocenters. The summed E-state index contributed by atoms with van der Waals surface area (Å²) in [6.07, 6.45) is 2.61. The lowest BCUT2D eigenvalue weighted by atomic mass is 10.3. The third kappa shape index (κ3) is 3.55. The number of hydrogen-bond donors (Lipinski definition) is 0. The van der Waals surface area contributed by atoms with Crippen LogP contribution in [0.4, 0.5) is 0 Å². The molecule has 0 aliphatic carbocycles. The molecule has 0 aliphatic heterocycles. The second-order valence-corrected chi connectivity index (χ2v) is 1.91. The quantitative estimate of drug-likeness (QED) is 0.449. The van der Waals surface area contributed by atoms with Crippen molar-refractivity contribution in [2.45, 2.75) is 13.3 Å². The van der Waals surface area contributed by atoms with Crippen molar-refractivity contribution in [2.24, 2.45) is 9.98 Å². The minimum absolute atomic E-state index is 0.578. The minimum Gasteiger partial charge on any atom is -0.481 e. The first-order valence-electron chi connectivity index (χ1n) is 3.46. The summed E-state index contributed by atoms with van der Waals surface area (Å²) in [6, 6.07) is 0. The number of hydrogen-bond acceptors (Lipinski definition) is 3. The fraction of sp³-hybridized carbons (Fsp3) is 0.500. The molecule has 0 spiro atoms. The van der Waals surface area contributed by atoms with Crippen molar-refractivity contribution in [3.05, 3.63) is 11.8 Å². The number of aliphatic imine (C=N–C) groups is 2. The molecule has 0 N–H and O–H groups in total. The van der Waals surface area contributed by atoms with Gasteiger partial charge in [0.2, 0.25) is 5.90 Å². The van der Waals surface area contributed by atoms with Gasteiger partial charge in [-0.05, 0) is 13.1 Å². The molecule has 0 amide bonds. The standard InChI is InChI=1S/C8H14N2O/c1-5-7(9-2)6-8(10-3)11-4/h6H,2,5H2,1,3-4H3. The molecule has 0 aromatic heterocycles. The van der Waals surface area contributed by atoms with Gasteiger partial charge in [0.15, 0.2) is 0 Å². The molecule has 0 aliphatic rings. The van der Waals surface area contributed by atoms with E-state index in [2.05, 4.69) is 16.7 Å². The van der Waals surface area contributed by atoms with E-state index in [4.69, 9.17) is 4.74 Å². The highest BCUT2D eigenvalue weighted by Gasteiger charge is 1.93. The summed E-state index contributed by atoms with van der Waals surface area (Å²) in [7, 11) is 3.25. The molecule has 3 nitrogen and oxygen atoms in total. The summed E-state index contributed by atoms with van der Waals surface area (Å²) in [6.45, 7) is 5.43. The first-order chi connectivity index (χ1) is 5.28. The minimum atomic E-state index is 0.578. The topological polar surface area (TPSA) is 34.0 Å². The Morgan fingerprint density at radius 2 is 2.27 bits per heavy atom. The molecule has 0 fully saturated rings. The molecule has 0 saturated carbocycles. The average molecular weight is 154 g/mol. The monoisotopic (exact) mass is 154 g/mol. The Morgan fingerprint density at radius 1 is 1.64 bits per heavy atom. The lowest BCUT2D eigenvalue weighted by Crippen LogP contribution is -1.97. The van der Waals surface area contributed by atoms with Gasteiger partial charge < -0.3 is 4.74 Å². The van der Waals surface area contributed by atoms with Crippen molar-refractivity contribution < 1.29 is 4.74 Å². The summed E-state index contributed by atoms with van der Waals surface area (Å²) in [5, 5.41) is 0. The highest BCUT2D eigenvalue weighted by atomic mass is 16.5. The number of nitrogens with zero attached hydrogens (tertiary/aromatic N) is 2. The first kappa shape index (κ1) is 9.88. The summed E-state index contributed by atoms with van der Waals surface area (Å²) in [4.78, 5) is 7.66. The fourth-order valence-corrected chi connectivity index (χ4v) is 0.617. The zero-order chi connectivity index (χ0) is 8.69. The van der Waals surface area contributed by atoms with Gasteiger partial charge in [0.05, 0.1) is 7.11 Å². The Balaban J connectivity index is 4.35. The Kier molecular flexibility index (Phi) is 5.07. The van der Waals surface area contributed by atoms with E-state index in [1.54, 1.807) is 20.2 Å². The summed E-state index contributed by atoms with van der Waals surface area (Å²) < 4.78 is 4.92. The number of ether oxygens (including phenoxy) is 1. The SMILES string of the molecule is C=NC(=CC(=NC)OC)CC. The van der Waals surface area contributed by atoms with E-state index in [9.17, 15) is 0 Å². The van der Waals surface area contributed by atoms with Gasteiger partial charge in [-0.25, -0.2) is 0 Å². The lowest BCUT2D eigenvalue weighted by Gasteiger charge is -1.98. The Hall–Kier alpha value is -1.12. The van der Waals surface area contributed by atoms with Crippen molar-refractivity contribution in [3.63, 3.8) is 0 Å². The number of allylic oxidation sites excluding steroid dienone is 1. The van der Waals surface area contributed by atoms with E-state index in [-0.39, 0.29) is 0 Å². The first-order valence-corrected chi connectivity index (χ1v) is 3.46. The third-order valence-corrected chi connectivity index (χ3v) is 1.28. The molecule has 0 bridgehead atoms. The van der Waals surface area contributed by atoms with Gasteiger partial charge >= 0.3 is 0 Å². The third-order valence-electron chi connectivity index (χ3n) is 1.28. The van der Waals surface area contributed by atoms with Crippen LogP contribution in [0.1, 0.15) is 13.3 Å². The largest absolute Gasteiger partial charge is 0.481 e. The molecular formula is C8H14N2O. The molecule has 11 heavy (non-hydrogen) atoms. The zero-order valence-corrected chi connectivity index (χ0v) is 7.29.